The lowest BCUT2D eigenvalue weighted by Gasteiger charge is -2.27. The number of nitrogens with zero attached hydrogens (tertiary/aromatic N) is 1. The molecule has 0 spiro atoms. The van der Waals surface area contributed by atoms with Gasteiger partial charge in [0.05, 0.1) is 6.07 Å². The third kappa shape index (κ3) is 4.35. The Morgan fingerprint density at radius 2 is 2.08 bits per heavy atom. The number of thiophene rings is 1. The van der Waals surface area contributed by atoms with Crippen LogP contribution in [-0.4, -0.2) is 24.0 Å². The van der Waals surface area contributed by atoms with Gasteiger partial charge in [-0.05, 0) is 50.2 Å². The monoisotopic (exact) mass is 348 g/mol. The third-order valence-corrected chi connectivity index (χ3v) is 5.79. The molecule has 130 valence electrons. The number of hydrogen-bond acceptors (Lipinski definition) is 5. The van der Waals surface area contributed by atoms with Gasteiger partial charge in [0, 0.05) is 4.88 Å². The van der Waals surface area contributed by atoms with Crippen LogP contribution in [0.5, 0.6) is 0 Å². The van der Waals surface area contributed by atoms with Gasteiger partial charge in [-0.1, -0.05) is 20.3 Å². The van der Waals surface area contributed by atoms with E-state index in [1.165, 1.54) is 28.2 Å². The fourth-order valence-corrected chi connectivity index (χ4v) is 3.74. The number of esters is 1. The standard InChI is InChI=1S/C18H24N2O3S/c1-12(2)18(3,11-19)20-16(21)10-23-17(22)15-9-13-7-5-4-6-8-14(13)24-15/h9,12H,4-8,10H2,1-3H3,(H,20,21)/t18-/m1/s1. The molecule has 0 bridgehead atoms. The van der Waals surface area contributed by atoms with Gasteiger partial charge >= 0.3 is 5.97 Å². The van der Waals surface area contributed by atoms with E-state index < -0.39 is 17.4 Å². The number of fused-ring (bicyclic) bond motifs is 1. The second-order valence-corrected chi connectivity index (χ2v) is 7.85. The molecular formula is C18H24N2O3S. The van der Waals surface area contributed by atoms with Crippen molar-refractivity contribution in [3.63, 3.8) is 0 Å². The maximum atomic E-state index is 12.2. The molecule has 0 saturated carbocycles. The molecule has 1 aromatic heterocycles. The first-order chi connectivity index (χ1) is 11.4. The highest BCUT2D eigenvalue weighted by Crippen LogP contribution is 2.29. The van der Waals surface area contributed by atoms with Crippen LogP contribution in [-0.2, 0) is 22.4 Å². The van der Waals surface area contributed by atoms with Crippen LogP contribution in [0, 0.1) is 17.2 Å². The number of nitrogens with one attached hydrogen (secondary N) is 1. The fourth-order valence-electron chi connectivity index (χ4n) is 2.60. The highest BCUT2D eigenvalue weighted by molar-refractivity contribution is 7.14. The summed E-state index contributed by atoms with van der Waals surface area (Å²) in [6.45, 7) is 5.00. The number of amides is 1. The lowest BCUT2D eigenvalue weighted by Crippen LogP contribution is -2.50. The molecule has 1 aliphatic rings. The van der Waals surface area contributed by atoms with E-state index in [2.05, 4.69) is 11.4 Å². The van der Waals surface area contributed by atoms with E-state index >= 15 is 0 Å². The van der Waals surface area contributed by atoms with Crippen LogP contribution >= 0.6 is 11.3 Å². The molecule has 0 fully saturated rings. The van der Waals surface area contributed by atoms with Gasteiger partial charge in [-0.3, -0.25) is 4.79 Å². The Morgan fingerprint density at radius 1 is 1.38 bits per heavy atom. The molecule has 0 aliphatic heterocycles. The molecule has 0 unspecified atom stereocenters. The van der Waals surface area contributed by atoms with Gasteiger partial charge in [0.15, 0.2) is 6.61 Å². The van der Waals surface area contributed by atoms with E-state index in [9.17, 15) is 14.9 Å². The SMILES string of the molecule is CC(C)[C@@](C)(C#N)NC(=O)COC(=O)c1cc2c(s1)CCCCC2. The Balaban J connectivity index is 1.91. The zero-order valence-electron chi connectivity index (χ0n) is 14.5. The van der Waals surface area contributed by atoms with E-state index in [-0.39, 0.29) is 12.5 Å². The number of carbonyl (C=O) groups excluding carboxylic acids is 2. The predicted molar refractivity (Wildman–Crippen MR) is 92.9 cm³/mol. The largest absolute Gasteiger partial charge is 0.451 e. The van der Waals surface area contributed by atoms with Crippen molar-refractivity contribution in [2.24, 2.45) is 5.92 Å². The molecule has 1 N–H and O–H groups in total. The van der Waals surface area contributed by atoms with Gasteiger partial charge in [0.25, 0.3) is 5.91 Å². The van der Waals surface area contributed by atoms with Crippen molar-refractivity contribution in [1.82, 2.24) is 5.32 Å². The van der Waals surface area contributed by atoms with Crippen molar-refractivity contribution in [2.45, 2.75) is 58.4 Å². The summed E-state index contributed by atoms with van der Waals surface area (Å²) < 4.78 is 5.12. The third-order valence-electron chi connectivity index (χ3n) is 4.57. The second-order valence-electron chi connectivity index (χ2n) is 6.71. The molecular weight excluding hydrogens is 324 g/mol. The van der Waals surface area contributed by atoms with Crippen LogP contribution < -0.4 is 5.32 Å². The van der Waals surface area contributed by atoms with E-state index in [0.717, 1.165) is 25.7 Å². The smallest absolute Gasteiger partial charge is 0.348 e. The van der Waals surface area contributed by atoms with Crippen LogP contribution in [0.25, 0.3) is 0 Å². The Hall–Kier alpha value is -1.87. The number of nitriles is 1. The Bertz CT molecular complexity index is 636. The summed E-state index contributed by atoms with van der Waals surface area (Å²) in [6, 6.07) is 4.00. The zero-order chi connectivity index (χ0) is 17.7. The van der Waals surface area contributed by atoms with Gasteiger partial charge in [0.2, 0.25) is 0 Å². The Kier molecular flexibility index (Phi) is 6.00. The summed E-state index contributed by atoms with van der Waals surface area (Å²) in [4.78, 5) is 25.9. The van der Waals surface area contributed by atoms with E-state index in [1.54, 1.807) is 6.92 Å². The van der Waals surface area contributed by atoms with Crippen LogP contribution in [0.3, 0.4) is 0 Å². The minimum Gasteiger partial charge on any atom is -0.451 e. The van der Waals surface area contributed by atoms with Gasteiger partial charge in [-0.15, -0.1) is 11.3 Å². The molecule has 1 atom stereocenters. The van der Waals surface area contributed by atoms with Crippen LogP contribution in [0.15, 0.2) is 6.07 Å². The normalized spacial score (nSPS) is 16.5. The van der Waals surface area contributed by atoms with Gasteiger partial charge < -0.3 is 10.1 Å². The summed E-state index contributed by atoms with van der Waals surface area (Å²) in [5.41, 5.74) is 0.273. The quantitative estimate of drug-likeness (QED) is 0.654. The highest BCUT2D eigenvalue weighted by atomic mass is 32.1. The van der Waals surface area contributed by atoms with E-state index in [4.69, 9.17) is 4.74 Å². The second kappa shape index (κ2) is 7.80. The van der Waals surface area contributed by atoms with Crippen molar-refractivity contribution in [3.05, 3.63) is 21.4 Å². The van der Waals surface area contributed by atoms with Crippen LogP contribution in [0.1, 0.15) is 60.1 Å². The topological polar surface area (TPSA) is 79.2 Å². The summed E-state index contributed by atoms with van der Waals surface area (Å²) >= 11 is 1.47. The number of hydrogen-bond donors (Lipinski definition) is 1. The zero-order valence-corrected chi connectivity index (χ0v) is 15.3. The first kappa shape index (κ1) is 18.5. The number of carbonyl (C=O) groups is 2. The van der Waals surface area contributed by atoms with Crippen molar-refractivity contribution >= 4 is 23.2 Å². The average molecular weight is 348 g/mol. The number of aryl methyl sites for hydroxylation is 2. The first-order valence-electron chi connectivity index (χ1n) is 8.36. The minimum atomic E-state index is -0.968. The van der Waals surface area contributed by atoms with Crippen LogP contribution in [0.2, 0.25) is 0 Å². The summed E-state index contributed by atoms with van der Waals surface area (Å²) in [5.74, 6) is -0.972. The van der Waals surface area contributed by atoms with Crippen molar-refractivity contribution in [3.8, 4) is 6.07 Å². The van der Waals surface area contributed by atoms with Gasteiger partial charge in [0.1, 0.15) is 10.4 Å². The van der Waals surface area contributed by atoms with Crippen molar-refractivity contribution in [1.29, 1.82) is 5.26 Å². The maximum absolute atomic E-state index is 12.2. The van der Waals surface area contributed by atoms with E-state index in [0.29, 0.717) is 4.88 Å². The fraction of sp³-hybridized carbons (Fsp3) is 0.611. The molecule has 1 amide bonds. The highest BCUT2D eigenvalue weighted by Gasteiger charge is 2.30. The molecule has 6 heteroatoms. The van der Waals surface area contributed by atoms with Crippen molar-refractivity contribution < 1.29 is 14.3 Å². The molecule has 24 heavy (non-hydrogen) atoms. The summed E-state index contributed by atoms with van der Waals surface area (Å²) in [6.07, 6.45) is 5.57. The van der Waals surface area contributed by atoms with Crippen LogP contribution in [0.4, 0.5) is 0 Å². The molecule has 5 nitrogen and oxygen atoms in total. The molecule has 1 heterocycles. The average Bonchev–Trinajstić information content (AvgIpc) is 2.83. The molecule has 0 saturated heterocycles. The molecule has 2 rings (SSSR count). The molecule has 0 aromatic carbocycles. The Morgan fingerprint density at radius 3 is 2.75 bits per heavy atom. The summed E-state index contributed by atoms with van der Waals surface area (Å²) in [7, 11) is 0. The number of rotatable bonds is 5. The maximum Gasteiger partial charge on any atom is 0.348 e. The minimum absolute atomic E-state index is 0.0462. The first-order valence-corrected chi connectivity index (χ1v) is 9.18. The van der Waals surface area contributed by atoms with Gasteiger partial charge in [-0.2, -0.15) is 5.26 Å². The molecule has 0 radical (unpaired) electrons. The summed E-state index contributed by atoms with van der Waals surface area (Å²) in [5, 5.41) is 11.8. The molecule has 1 aromatic rings. The lowest BCUT2D eigenvalue weighted by atomic mass is 9.90. The van der Waals surface area contributed by atoms with Crippen molar-refractivity contribution in [2.75, 3.05) is 6.61 Å². The molecule has 1 aliphatic carbocycles. The number of ether oxygens (including phenoxy) is 1. The lowest BCUT2D eigenvalue weighted by molar-refractivity contribution is -0.125. The van der Waals surface area contributed by atoms with E-state index in [1.807, 2.05) is 19.9 Å². The van der Waals surface area contributed by atoms with Gasteiger partial charge in [-0.25, -0.2) is 4.79 Å². The Labute approximate surface area is 147 Å². The predicted octanol–water partition coefficient (Wildman–Crippen LogP) is 3.23.